The Hall–Kier alpha value is -1.39. The Bertz CT molecular complexity index is 764. The Morgan fingerprint density at radius 1 is 1.35 bits per heavy atom. The van der Waals surface area contributed by atoms with Gasteiger partial charge in [0.05, 0.1) is 21.0 Å². The summed E-state index contributed by atoms with van der Waals surface area (Å²) in [6, 6.07) is 9.93. The molecule has 0 bridgehead atoms. The molecule has 0 amide bonds. The van der Waals surface area contributed by atoms with E-state index in [1.54, 1.807) is 39.0 Å². The van der Waals surface area contributed by atoms with E-state index in [0.29, 0.717) is 0 Å². The number of hydrogen-bond donors (Lipinski definition) is 0. The number of alkyl halides is 1. The summed E-state index contributed by atoms with van der Waals surface area (Å²) in [5, 5.41) is 9.45. The Morgan fingerprint density at radius 3 is 2.39 bits per heavy atom. The lowest BCUT2D eigenvalue weighted by molar-refractivity contribution is -0.159. The van der Waals surface area contributed by atoms with E-state index in [1.807, 2.05) is 6.07 Å². The van der Waals surface area contributed by atoms with Gasteiger partial charge in [-0.25, -0.2) is 8.42 Å². The van der Waals surface area contributed by atoms with Crippen LogP contribution < -0.4 is 0 Å². The van der Waals surface area contributed by atoms with E-state index in [1.165, 1.54) is 12.1 Å². The molecule has 0 N–H and O–H groups in total. The number of rotatable bonds is 4. The topological polar surface area (TPSA) is 84.2 Å². The number of hydrogen-bond acceptors (Lipinski definition) is 5. The van der Waals surface area contributed by atoms with E-state index in [4.69, 9.17) is 4.74 Å². The zero-order valence-corrected chi connectivity index (χ0v) is 15.6. The van der Waals surface area contributed by atoms with Gasteiger partial charge in [-0.05, 0) is 39.3 Å². The van der Waals surface area contributed by atoms with E-state index < -0.39 is 31.1 Å². The van der Waals surface area contributed by atoms with E-state index in [9.17, 15) is 18.5 Å². The zero-order valence-electron chi connectivity index (χ0n) is 13.2. The van der Waals surface area contributed by atoms with Crippen molar-refractivity contribution >= 4 is 31.7 Å². The number of sulfone groups is 1. The largest absolute Gasteiger partial charge is 0.459 e. The Kier molecular flexibility index (Phi) is 4.37. The maximum atomic E-state index is 12.5. The highest BCUT2D eigenvalue weighted by Gasteiger charge is 2.74. The van der Waals surface area contributed by atoms with Crippen LogP contribution in [-0.4, -0.2) is 30.1 Å². The minimum Gasteiger partial charge on any atom is -0.459 e. The second-order valence-electron chi connectivity index (χ2n) is 6.73. The van der Waals surface area contributed by atoms with Crippen molar-refractivity contribution in [1.82, 2.24) is 0 Å². The van der Waals surface area contributed by atoms with E-state index in [-0.39, 0.29) is 17.1 Å². The van der Waals surface area contributed by atoms with E-state index >= 15 is 0 Å². The smallest absolute Gasteiger partial charge is 0.328 e. The molecule has 1 aliphatic rings. The van der Waals surface area contributed by atoms with Crippen LogP contribution in [0.15, 0.2) is 35.2 Å². The zero-order chi connectivity index (χ0) is 17.5. The van der Waals surface area contributed by atoms with Crippen LogP contribution in [0.2, 0.25) is 0 Å². The van der Waals surface area contributed by atoms with Gasteiger partial charge in [0.15, 0.2) is 15.3 Å². The molecular weight excluding hydrogens is 382 g/mol. The predicted molar refractivity (Wildman–Crippen MR) is 88.7 cm³/mol. The molecular formula is C16H18BrNO4S. The summed E-state index contributed by atoms with van der Waals surface area (Å²) in [6.07, 6.45) is 0.109. The maximum absolute atomic E-state index is 12.5. The Morgan fingerprint density at radius 2 is 1.91 bits per heavy atom. The molecule has 1 saturated carbocycles. The van der Waals surface area contributed by atoms with Crippen LogP contribution in [0, 0.1) is 16.7 Å². The van der Waals surface area contributed by atoms with Crippen LogP contribution in [0.1, 0.15) is 27.2 Å². The third-order valence-corrected chi connectivity index (χ3v) is 7.12. The number of benzene rings is 1. The minimum atomic E-state index is -3.62. The number of nitrogens with zero attached hydrogens (tertiary/aromatic N) is 1. The highest BCUT2D eigenvalue weighted by Crippen LogP contribution is 2.63. The van der Waals surface area contributed by atoms with Crippen molar-refractivity contribution in [3.63, 3.8) is 0 Å². The van der Waals surface area contributed by atoms with Crippen LogP contribution in [0.25, 0.3) is 0 Å². The molecule has 0 aliphatic heterocycles. The fraction of sp³-hybridized carbons (Fsp3) is 0.500. The third kappa shape index (κ3) is 3.43. The van der Waals surface area contributed by atoms with Crippen molar-refractivity contribution in [1.29, 1.82) is 5.26 Å². The number of esters is 1. The first-order chi connectivity index (χ1) is 10.5. The molecule has 0 spiro atoms. The third-order valence-electron chi connectivity index (χ3n) is 3.64. The molecule has 1 aromatic rings. The quantitative estimate of drug-likeness (QED) is 0.573. The normalized spacial score (nSPS) is 27.1. The SMILES string of the molecule is CC(C)(C)OC(=O)[C@@]1(C#N)C[C@@]1(Br)CS(=O)(=O)c1ccccc1. The molecule has 1 aliphatic carbocycles. The molecule has 0 saturated heterocycles. The maximum Gasteiger partial charge on any atom is 0.328 e. The average Bonchev–Trinajstić information content (AvgIpc) is 3.03. The fourth-order valence-corrected chi connectivity index (χ4v) is 5.63. The van der Waals surface area contributed by atoms with Gasteiger partial charge in [-0.3, -0.25) is 4.79 Å². The molecule has 0 radical (unpaired) electrons. The van der Waals surface area contributed by atoms with Crippen molar-refractivity contribution < 1.29 is 17.9 Å². The van der Waals surface area contributed by atoms with E-state index in [2.05, 4.69) is 15.9 Å². The molecule has 7 heteroatoms. The number of ether oxygens (including phenoxy) is 1. The first kappa shape index (κ1) is 18.0. The number of carbonyl (C=O) groups is 1. The van der Waals surface area contributed by atoms with Crippen LogP contribution in [0.3, 0.4) is 0 Å². The van der Waals surface area contributed by atoms with Crippen molar-refractivity contribution in [2.45, 2.75) is 42.0 Å². The molecule has 1 aromatic carbocycles. The van der Waals surface area contributed by atoms with Gasteiger partial charge >= 0.3 is 5.97 Å². The second-order valence-corrected chi connectivity index (χ2v) is 10.2. The van der Waals surface area contributed by atoms with Crippen LogP contribution >= 0.6 is 15.9 Å². The van der Waals surface area contributed by atoms with Gasteiger partial charge in [0, 0.05) is 0 Å². The molecule has 124 valence electrons. The first-order valence-electron chi connectivity index (χ1n) is 7.07. The summed E-state index contributed by atoms with van der Waals surface area (Å²) in [5.74, 6) is -1.02. The summed E-state index contributed by atoms with van der Waals surface area (Å²) in [5.41, 5.74) is -2.21. The van der Waals surface area contributed by atoms with Gasteiger partial charge in [0.25, 0.3) is 0 Å². The van der Waals surface area contributed by atoms with Gasteiger partial charge in [-0.2, -0.15) is 5.26 Å². The van der Waals surface area contributed by atoms with Gasteiger partial charge in [0.2, 0.25) is 0 Å². The fourth-order valence-electron chi connectivity index (χ4n) is 2.37. The average molecular weight is 400 g/mol. The molecule has 23 heavy (non-hydrogen) atoms. The lowest BCUT2D eigenvalue weighted by atomic mass is 10.1. The summed E-state index contributed by atoms with van der Waals surface area (Å²) < 4.78 is 29.2. The summed E-state index contributed by atoms with van der Waals surface area (Å²) >= 11 is 3.31. The standard InChI is InChI=1S/C16H18BrNO4S/c1-14(2,3)22-13(19)15(10-18)9-16(15,17)11-23(20,21)12-7-5-4-6-8-12/h4-8H,9,11H2,1-3H3/t15-,16+/m0/s1. The molecule has 1 fully saturated rings. The lowest BCUT2D eigenvalue weighted by Crippen LogP contribution is -2.35. The van der Waals surface area contributed by atoms with Crippen LogP contribution in [-0.2, 0) is 19.4 Å². The van der Waals surface area contributed by atoms with Gasteiger partial charge in [-0.1, -0.05) is 34.1 Å². The predicted octanol–water partition coefficient (Wildman–Crippen LogP) is 2.85. The Balaban J connectivity index is 2.25. The monoisotopic (exact) mass is 399 g/mol. The molecule has 0 unspecified atom stereocenters. The van der Waals surface area contributed by atoms with Gasteiger partial charge in [-0.15, -0.1) is 0 Å². The van der Waals surface area contributed by atoms with Crippen molar-refractivity contribution in [3.8, 4) is 6.07 Å². The van der Waals surface area contributed by atoms with Crippen molar-refractivity contribution in [3.05, 3.63) is 30.3 Å². The van der Waals surface area contributed by atoms with Gasteiger partial charge in [0.1, 0.15) is 5.60 Å². The molecule has 2 atom stereocenters. The molecule has 0 heterocycles. The molecule has 0 aromatic heterocycles. The van der Waals surface area contributed by atoms with Gasteiger partial charge < -0.3 is 4.74 Å². The molecule has 5 nitrogen and oxygen atoms in total. The first-order valence-corrected chi connectivity index (χ1v) is 9.52. The number of nitriles is 1. The Labute approximate surface area is 144 Å². The van der Waals surface area contributed by atoms with E-state index in [0.717, 1.165) is 0 Å². The highest BCUT2D eigenvalue weighted by molar-refractivity contribution is 9.10. The van der Waals surface area contributed by atoms with Crippen LogP contribution in [0.4, 0.5) is 0 Å². The minimum absolute atomic E-state index is 0.109. The number of carbonyl (C=O) groups excluding carboxylic acids is 1. The van der Waals surface area contributed by atoms with Crippen molar-refractivity contribution in [2.75, 3.05) is 5.75 Å². The summed E-state index contributed by atoms with van der Waals surface area (Å²) in [4.78, 5) is 12.5. The van der Waals surface area contributed by atoms with Crippen molar-refractivity contribution in [2.24, 2.45) is 5.41 Å². The number of halogens is 1. The summed E-state index contributed by atoms with van der Waals surface area (Å²) in [7, 11) is -3.62. The summed E-state index contributed by atoms with van der Waals surface area (Å²) in [6.45, 7) is 5.11. The second kappa shape index (κ2) is 5.60. The van der Waals surface area contributed by atoms with Crippen LogP contribution in [0.5, 0.6) is 0 Å². The lowest BCUT2D eigenvalue weighted by Gasteiger charge is -2.23. The molecule has 2 rings (SSSR count). The highest BCUT2D eigenvalue weighted by atomic mass is 79.9.